The molecule has 1 saturated heterocycles. The van der Waals surface area contributed by atoms with Gasteiger partial charge in [-0.3, -0.25) is 9.69 Å². The summed E-state index contributed by atoms with van der Waals surface area (Å²) in [7, 11) is 0. The minimum atomic E-state index is -0.00835. The summed E-state index contributed by atoms with van der Waals surface area (Å²) in [5, 5.41) is 0. The molecule has 0 N–H and O–H groups in total. The van der Waals surface area contributed by atoms with Gasteiger partial charge >= 0.3 is 0 Å². The zero-order valence-corrected chi connectivity index (χ0v) is 15.8. The van der Waals surface area contributed by atoms with E-state index in [9.17, 15) is 4.79 Å². The van der Waals surface area contributed by atoms with Crippen LogP contribution in [0.1, 0.15) is 29.4 Å². The van der Waals surface area contributed by atoms with E-state index in [1.807, 2.05) is 39.1 Å². The Morgan fingerprint density at radius 3 is 2.67 bits per heavy atom. The molecule has 6 heteroatoms. The quantitative estimate of drug-likeness (QED) is 0.614. The fourth-order valence-corrected chi connectivity index (χ4v) is 4.22. The fraction of sp³-hybridized carbons (Fsp3) is 0.278. The van der Waals surface area contributed by atoms with Crippen molar-refractivity contribution < 1.29 is 4.79 Å². The van der Waals surface area contributed by atoms with Gasteiger partial charge in [0.15, 0.2) is 0 Å². The number of amides is 1. The maximum atomic E-state index is 12.4. The molecule has 0 aliphatic carbocycles. The number of aryl methyl sites for hydroxylation is 2. The molecule has 0 aromatic carbocycles. The summed E-state index contributed by atoms with van der Waals surface area (Å²) in [4.78, 5) is 19.2. The molecule has 0 atom stereocenters. The van der Waals surface area contributed by atoms with E-state index in [2.05, 4.69) is 28.6 Å². The monoisotopic (exact) mass is 357 g/mol. The zero-order valence-electron chi connectivity index (χ0n) is 14.2. The van der Waals surface area contributed by atoms with E-state index >= 15 is 0 Å². The second kappa shape index (κ2) is 6.53. The third kappa shape index (κ3) is 2.91. The van der Waals surface area contributed by atoms with Crippen LogP contribution in [0.15, 0.2) is 29.3 Å². The molecule has 2 aromatic rings. The van der Waals surface area contributed by atoms with E-state index in [1.165, 1.54) is 11.8 Å². The third-order valence-corrected chi connectivity index (χ3v) is 5.45. The summed E-state index contributed by atoms with van der Waals surface area (Å²) in [6, 6.07) is 6.12. The standard InChI is InChI=1S/C18H19N3OS2/c1-5-20-17(22)15(24-18(20)23)10-14-9-12(3)21(13(14)4)16-8-11(2)6-7-19-16/h6-10H,5H2,1-4H3. The molecule has 0 radical (unpaired) electrons. The Bertz CT molecular complexity index is 867. The molecule has 124 valence electrons. The fourth-order valence-electron chi connectivity index (χ4n) is 2.84. The predicted molar refractivity (Wildman–Crippen MR) is 103 cm³/mol. The molecule has 4 nitrogen and oxygen atoms in total. The van der Waals surface area contributed by atoms with Gasteiger partial charge in [-0.15, -0.1) is 0 Å². The van der Waals surface area contributed by atoms with Crippen LogP contribution in [0.25, 0.3) is 11.9 Å². The first-order valence-corrected chi connectivity index (χ1v) is 9.02. The van der Waals surface area contributed by atoms with Gasteiger partial charge in [0.25, 0.3) is 5.91 Å². The Hall–Kier alpha value is -1.92. The van der Waals surface area contributed by atoms with Crippen LogP contribution in [-0.2, 0) is 4.79 Å². The van der Waals surface area contributed by atoms with E-state index < -0.39 is 0 Å². The SMILES string of the molecule is CCN1C(=O)C(=Cc2cc(C)n(-c3cc(C)ccn3)c2C)SC1=S. The van der Waals surface area contributed by atoms with Crippen LogP contribution in [0.5, 0.6) is 0 Å². The summed E-state index contributed by atoms with van der Waals surface area (Å²) < 4.78 is 2.74. The highest BCUT2D eigenvalue weighted by molar-refractivity contribution is 8.26. The molecule has 0 unspecified atom stereocenters. The van der Waals surface area contributed by atoms with Gasteiger partial charge in [0.1, 0.15) is 10.1 Å². The number of carbonyl (C=O) groups is 1. The van der Waals surface area contributed by atoms with E-state index in [0.29, 0.717) is 15.8 Å². The van der Waals surface area contributed by atoms with E-state index in [1.54, 1.807) is 4.90 Å². The van der Waals surface area contributed by atoms with Gasteiger partial charge in [-0.2, -0.15) is 0 Å². The lowest BCUT2D eigenvalue weighted by Gasteiger charge is -2.10. The van der Waals surface area contributed by atoms with E-state index in [-0.39, 0.29) is 5.91 Å². The number of pyridine rings is 1. The van der Waals surface area contributed by atoms with Gasteiger partial charge in [-0.25, -0.2) is 4.98 Å². The van der Waals surface area contributed by atoms with Crippen molar-refractivity contribution in [1.82, 2.24) is 14.5 Å². The number of thioether (sulfide) groups is 1. The second-order valence-corrected chi connectivity index (χ2v) is 7.46. The molecular formula is C18H19N3OS2. The van der Waals surface area contributed by atoms with Crippen LogP contribution in [-0.4, -0.2) is 31.2 Å². The van der Waals surface area contributed by atoms with Crippen LogP contribution in [0, 0.1) is 20.8 Å². The van der Waals surface area contributed by atoms with Gasteiger partial charge < -0.3 is 4.57 Å². The topological polar surface area (TPSA) is 38.1 Å². The van der Waals surface area contributed by atoms with Crippen LogP contribution in [0.2, 0.25) is 0 Å². The van der Waals surface area contributed by atoms with Crippen LogP contribution >= 0.6 is 24.0 Å². The molecule has 1 aliphatic rings. The molecule has 0 spiro atoms. The lowest BCUT2D eigenvalue weighted by molar-refractivity contribution is -0.121. The van der Waals surface area contributed by atoms with Crippen molar-refractivity contribution in [2.75, 3.05) is 6.54 Å². The van der Waals surface area contributed by atoms with Gasteiger partial charge in [0, 0.05) is 24.1 Å². The van der Waals surface area contributed by atoms with Crippen molar-refractivity contribution in [2.45, 2.75) is 27.7 Å². The maximum absolute atomic E-state index is 12.4. The minimum absolute atomic E-state index is 0.00835. The summed E-state index contributed by atoms with van der Waals surface area (Å²) in [5.74, 6) is 0.886. The molecule has 1 aliphatic heterocycles. The molecule has 3 heterocycles. The second-order valence-electron chi connectivity index (χ2n) is 5.78. The van der Waals surface area contributed by atoms with Crippen molar-refractivity contribution in [1.29, 1.82) is 0 Å². The Kier molecular flexibility index (Phi) is 4.60. The van der Waals surface area contributed by atoms with Gasteiger partial charge in [-0.05, 0) is 63.1 Å². The lowest BCUT2D eigenvalue weighted by atomic mass is 10.2. The maximum Gasteiger partial charge on any atom is 0.266 e. The smallest absolute Gasteiger partial charge is 0.266 e. The Morgan fingerprint density at radius 1 is 1.29 bits per heavy atom. The summed E-state index contributed by atoms with van der Waals surface area (Å²) >= 11 is 6.64. The average molecular weight is 358 g/mol. The molecule has 1 amide bonds. The highest BCUT2D eigenvalue weighted by atomic mass is 32.2. The molecule has 3 rings (SSSR count). The summed E-state index contributed by atoms with van der Waals surface area (Å²) in [6.07, 6.45) is 3.75. The van der Waals surface area contributed by atoms with Gasteiger partial charge in [0.05, 0.1) is 4.91 Å². The number of nitrogens with zero attached hydrogens (tertiary/aromatic N) is 3. The number of aromatic nitrogens is 2. The van der Waals surface area contributed by atoms with Crippen molar-refractivity contribution in [3.8, 4) is 5.82 Å². The first-order chi connectivity index (χ1) is 11.4. The van der Waals surface area contributed by atoms with Crippen LogP contribution in [0.4, 0.5) is 0 Å². The van der Waals surface area contributed by atoms with Crippen molar-refractivity contribution in [3.63, 3.8) is 0 Å². The summed E-state index contributed by atoms with van der Waals surface area (Å²) in [5.41, 5.74) is 4.33. The number of rotatable bonds is 3. The van der Waals surface area contributed by atoms with E-state index in [0.717, 1.165) is 28.3 Å². The third-order valence-electron chi connectivity index (χ3n) is 4.08. The lowest BCUT2D eigenvalue weighted by Crippen LogP contribution is -2.27. The van der Waals surface area contributed by atoms with Gasteiger partial charge in [0.2, 0.25) is 0 Å². The molecule has 24 heavy (non-hydrogen) atoms. The number of likely N-dealkylation sites (N-methyl/N-ethyl adjacent to an activating group) is 1. The first kappa shape index (κ1) is 16.9. The molecule has 0 saturated carbocycles. The predicted octanol–water partition coefficient (Wildman–Crippen LogP) is 4.02. The van der Waals surface area contributed by atoms with Crippen molar-refractivity contribution >= 4 is 40.3 Å². The molecular weight excluding hydrogens is 338 g/mol. The number of carbonyl (C=O) groups excluding carboxylic acids is 1. The molecule has 1 fully saturated rings. The molecule has 2 aromatic heterocycles. The first-order valence-electron chi connectivity index (χ1n) is 7.79. The van der Waals surface area contributed by atoms with Crippen LogP contribution < -0.4 is 0 Å². The Morgan fingerprint density at radius 2 is 2.04 bits per heavy atom. The zero-order chi connectivity index (χ0) is 17.4. The van der Waals surface area contributed by atoms with Crippen molar-refractivity contribution in [3.05, 3.63) is 51.8 Å². The number of hydrogen-bond donors (Lipinski definition) is 0. The van der Waals surface area contributed by atoms with E-state index in [4.69, 9.17) is 12.2 Å². The largest absolute Gasteiger partial charge is 0.303 e. The Balaban J connectivity index is 2.03. The number of thiocarbonyl (C=S) groups is 1. The van der Waals surface area contributed by atoms with Gasteiger partial charge in [-0.1, -0.05) is 24.0 Å². The normalized spacial score (nSPS) is 16.5. The van der Waals surface area contributed by atoms with Crippen LogP contribution in [0.3, 0.4) is 0 Å². The minimum Gasteiger partial charge on any atom is -0.303 e. The van der Waals surface area contributed by atoms with Crippen molar-refractivity contribution in [2.24, 2.45) is 0 Å². The highest BCUT2D eigenvalue weighted by Gasteiger charge is 2.30. The summed E-state index contributed by atoms with van der Waals surface area (Å²) in [6.45, 7) is 8.68. The number of hydrogen-bond acceptors (Lipinski definition) is 4. The molecule has 0 bridgehead atoms. The average Bonchev–Trinajstić information content (AvgIpc) is 2.95. The Labute approximate surface area is 151 Å². The highest BCUT2D eigenvalue weighted by Crippen LogP contribution is 2.33.